The lowest BCUT2D eigenvalue weighted by Crippen LogP contribution is -2.10. The van der Waals surface area contributed by atoms with E-state index in [-0.39, 0.29) is 23.9 Å². The summed E-state index contributed by atoms with van der Waals surface area (Å²) in [5.74, 6) is -0.681. The number of hydrogen-bond acceptors (Lipinski definition) is 5. The number of ether oxygens (including phenoxy) is 1. The molecule has 0 radical (unpaired) electrons. The molecular weight excluding hydrogens is 246 g/mol. The van der Waals surface area contributed by atoms with Gasteiger partial charge in [-0.3, -0.25) is 4.79 Å². The van der Waals surface area contributed by atoms with Crippen molar-refractivity contribution in [1.82, 2.24) is 4.98 Å². The lowest BCUT2D eigenvalue weighted by Gasteiger charge is -2.06. The van der Waals surface area contributed by atoms with Crippen LogP contribution in [0.4, 0.5) is 0 Å². The summed E-state index contributed by atoms with van der Waals surface area (Å²) in [7, 11) is 0. The molecule has 1 rings (SSSR count). The van der Waals surface area contributed by atoms with Gasteiger partial charge in [-0.15, -0.1) is 0 Å². The van der Waals surface area contributed by atoms with Crippen LogP contribution in [0.15, 0.2) is 12.1 Å². The van der Waals surface area contributed by atoms with E-state index in [1.54, 1.807) is 13.0 Å². The fourth-order valence-corrected chi connectivity index (χ4v) is 1.53. The van der Waals surface area contributed by atoms with Crippen molar-refractivity contribution in [3.63, 3.8) is 0 Å². The molecule has 5 nitrogen and oxygen atoms in total. The second-order valence-corrected chi connectivity index (χ2v) is 4.21. The Morgan fingerprint density at radius 3 is 2.42 bits per heavy atom. The van der Waals surface area contributed by atoms with E-state index in [1.165, 1.54) is 19.9 Å². The Kier molecular flexibility index (Phi) is 5.36. The zero-order valence-electron chi connectivity index (χ0n) is 11.4. The first-order valence-corrected chi connectivity index (χ1v) is 6.12. The average molecular weight is 263 g/mol. The Bertz CT molecular complexity index is 508. The molecule has 5 heteroatoms. The predicted octanol–water partition coefficient (Wildman–Crippen LogP) is 1.98. The molecule has 0 fully saturated rings. The van der Waals surface area contributed by atoms with Gasteiger partial charge in [0.05, 0.1) is 12.2 Å². The van der Waals surface area contributed by atoms with Gasteiger partial charge in [0.15, 0.2) is 5.78 Å². The molecule has 19 heavy (non-hydrogen) atoms. The molecule has 0 spiro atoms. The molecular formula is C14H17NO4. The van der Waals surface area contributed by atoms with Crippen LogP contribution in [0.3, 0.4) is 0 Å². The first-order valence-electron chi connectivity index (χ1n) is 6.12. The highest BCUT2D eigenvalue weighted by molar-refractivity contribution is 5.96. The van der Waals surface area contributed by atoms with E-state index in [0.717, 1.165) is 0 Å². The fraction of sp³-hybridized carbons (Fsp3) is 0.429. The maximum atomic E-state index is 11.7. The van der Waals surface area contributed by atoms with Crippen LogP contribution in [-0.2, 0) is 16.0 Å². The topological polar surface area (TPSA) is 73.3 Å². The van der Waals surface area contributed by atoms with Crippen molar-refractivity contribution in [3.8, 4) is 0 Å². The van der Waals surface area contributed by atoms with Crippen LogP contribution in [0.2, 0.25) is 0 Å². The van der Waals surface area contributed by atoms with Gasteiger partial charge in [0.25, 0.3) is 0 Å². The van der Waals surface area contributed by atoms with E-state index in [0.29, 0.717) is 24.1 Å². The number of hydrogen-bond donors (Lipinski definition) is 0. The molecule has 0 aliphatic rings. The summed E-state index contributed by atoms with van der Waals surface area (Å²) in [6, 6.07) is 2.98. The maximum absolute atomic E-state index is 11.7. The number of ketones is 2. The van der Waals surface area contributed by atoms with Crippen LogP contribution >= 0.6 is 0 Å². The van der Waals surface area contributed by atoms with Crippen molar-refractivity contribution in [3.05, 3.63) is 29.1 Å². The van der Waals surface area contributed by atoms with Crippen LogP contribution < -0.4 is 0 Å². The van der Waals surface area contributed by atoms with Crippen molar-refractivity contribution < 1.29 is 19.1 Å². The van der Waals surface area contributed by atoms with E-state index in [9.17, 15) is 14.4 Å². The molecule has 0 amide bonds. The first kappa shape index (κ1) is 15.0. The molecule has 0 bridgehead atoms. The van der Waals surface area contributed by atoms with Crippen LogP contribution in [0.25, 0.3) is 0 Å². The van der Waals surface area contributed by atoms with Gasteiger partial charge in [-0.1, -0.05) is 0 Å². The molecule has 0 atom stereocenters. The van der Waals surface area contributed by atoms with Crippen molar-refractivity contribution in [2.24, 2.45) is 0 Å². The number of Topliss-reactive ketones (excluding diaryl/α,β-unsaturated/α-hetero) is 2. The van der Waals surface area contributed by atoms with Crippen molar-refractivity contribution in [2.45, 2.75) is 33.6 Å². The molecule has 0 aliphatic carbocycles. The molecule has 0 aliphatic heterocycles. The number of carbonyl (C=O) groups excluding carboxylic acids is 3. The molecule has 0 aromatic carbocycles. The summed E-state index contributed by atoms with van der Waals surface area (Å²) in [6.07, 6.45) is 0.736. The van der Waals surface area contributed by atoms with E-state index >= 15 is 0 Å². The second-order valence-electron chi connectivity index (χ2n) is 4.21. The Hall–Kier alpha value is -2.04. The highest BCUT2D eigenvalue weighted by Gasteiger charge is 2.13. The molecule has 1 aromatic heterocycles. The zero-order chi connectivity index (χ0) is 14.4. The molecule has 102 valence electrons. The third-order valence-corrected chi connectivity index (χ3v) is 2.48. The van der Waals surface area contributed by atoms with E-state index < -0.39 is 5.97 Å². The number of pyridine rings is 1. The number of carbonyl (C=O) groups is 3. The van der Waals surface area contributed by atoms with Crippen LogP contribution in [0.5, 0.6) is 0 Å². The largest absolute Gasteiger partial charge is 0.462 e. The summed E-state index contributed by atoms with van der Waals surface area (Å²) >= 11 is 0. The summed E-state index contributed by atoms with van der Waals surface area (Å²) in [6.45, 7) is 4.84. The van der Waals surface area contributed by atoms with Gasteiger partial charge >= 0.3 is 5.97 Å². The first-order chi connectivity index (χ1) is 8.93. The Morgan fingerprint density at radius 2 is 1.89 bits per heavy atom. The SMILES string of the molecule is CCOC(=O)c1cc(CCC(C)=O)nc(C(C)=O)c1. The van der Waals surface area contributed by atoms with Crippen LogP contribution in [0, 0.1) is 0 Å². The van der Waals surface area contributed by atoms with Gasteiger partial charge in [0.1, 0.15) is 11.5 Å². The van der Waals surface area contributed by atoms with Crippen molar-refractivity contribution in [1.29, 1.82) is 0 Å². The van der Waals surface area contributed by atoms with Crippen molar-refractivity contribution in [2.75, 3.05) is 6.61 Å². The standard InChI is InChI=1S/C14H17NO4/c1-4-19-14(18)11-7-12(6-5-9(2)16)15-13(8-11)10(3)17/h7-8H,4-6H2,1-3H3. The quantitative estimate of drug-likeness (QED) is 0.579. The lowest BCUT2D eigenvalue weighted by atomic mass is 10.1. The predicted molar refractivity (Wildman–Crippen MR) is 69.2 cm³/mol. The summed E-state index contributed by atoms with van der Waals surface area (Å²) in [4.78, 5) is 38.2. The number of esters is 1. The highest BCUT2D eigenvalue weighted by Crippen LogP contribution is 2.11. The van der Waals surface area contributed by atoms with Gasteiger partial charge in [-0.2, -0.15) is 0 Å². The van der Waals surface area contributed by atoms with Crippen molar-refractivity contribution >= 4 is 17.5 Å². The Labute approximate surface area is 112 Å². The molecule has 1 aromatic rings. The van der Waals surface area contributed by atoms with Crippen LogP contribution in [-0.4, -0.2) is 29.1 Å². The minimum Gasteiger partial charge on any atom is -0.462 e. The van der Waals surface area contributed by atoms with Gasteiger partial charge in [-0.05, 0) is 32.4 Å². The minimum absolute atomic E-state index is 0.0349. The maximum Gasteiger partial charge on any atom is 0.338 e. The van der Waals surface area contributed by atoms with E-state index in [2.05, 4.69) is 4.98 Å². The molecule has 1 heterocycles. The van der Waals surface area contributed by atoms with E-state index in [1.807, 2.05) is 0 Å². The Morgan fingerprint density at radius 1 is 1.21 bits per heavy atom. The molecule has 0 N–H and O–H groups in total. The van der Waals surface area contributed by atoms with Gasteiger partial charge in [-0.25, -0.2) is 9.78 Å². The third kappa shape index (κ3) is 4.62. The lowest BCUT2D eigenvalue weighted by molar-refractivity contribution is -0.117. The molecule has 0 unspecified atom stereocenters. The molecule has 0 saturated heterocycles. The highest BCUT2D eigenvalue weighted by atomic mass is 16.5. The summed E-state index contributed by atoms with van der Waals surface area (Å²) < 4.78 is 4.90. The number of nitrogens with zero attached hydrogens (tertiary/aromatic N) is 1. The normalized spacial score (nSPS) is 10.1. The summed E-state index contributed by atoms with van der Waals surface area (Å²) in [5.41, 5.74) is 1.05. The van der Waals surface area contributed by atoms with Crippen LogP contribution in [0.1, 0.15) is 53.7 Å². The third-order valence-electron chi connectivity index (χ3n) is 2.48. The van der Waals surface area contributed by atoms with Gasteiger partial charge in [0.2, 0.25) is 0 Å². The smallest absolute Gasteiger partial charge is 0.338 e. The summed E-state index contributed by atoms with van der Waals surface area (Å²) in [5, 5.41) is 0. The zero-order valence-corrected chi connectivity index (χ0v) is 11.4. The van der Waals surface area contributed by atoms with Gasteiger partial charge in [0, 0.05) is 19.0 Å². The molecule has 0 saturated carbocycles. The number of rotatable bonds is 6. The second kappa shape index (κ2) is 6.78. The Balaban J connectivity index is 3.06. The average Bonchev–Trinajstić information content (AvgIpc) is 2.36. The monoisotopic (exact) mass is 263 g/mol. The van der Waals surface area contributed by atoms with Gasteiger partial charge < -0.3 is 9.53 Å². The van der Waals surface area contributed by atoms with E-state index in [4.69, 9.17) is 4.74 Å². The minimum atomic E-state index is -0.489. The number of aryl methyl sites for hydroxylation is 1. The fourth-order valence-electron chi connectivity index (χ4n) is 1.53. The number of aromatic nitrogens is 1.